The van der Waals surface area contributed by atoms with Gasteiger partial charge < -0.3 is 5.73 Å². The highest BCUT2D eigenvalue weighted by Gasteiger charge is 1.80. The fourth-order valence-corrected chi connectivity index (χ4v) is 0.566. The monoisotopic (exact) mass is 106 g/mol. The van der Waals surface area contributed by atoms with Crippen molar-refractivity contribution in [3.05, 3.63) is 29.8 Å². The lowest BCUT2D eigenvalue weighted by Gasteiger charge is -1.90. The Kier molecular flexibility index (Phi) is 1.20. The fourth-order valence-electron chi connectivity index (χ4n) is 0.566. The average molecular weight is 106 g/mol. The number of anilines is 1. The largest absolute Gasteiger partial charge is 0.399 e. The van der Waals surface area contributed by atoms with Crippen molar-refractivity contribution in [2.75, 3.05) is 5.73 Å². The molecule has 1 aromatic rings. The molecule has 1 nitrogen and oxygen atoms in total. The van der Waals surface area contributed by atoms with Gasteiger partial charge in [0.2, 0.25) is 0 Å². The van der Waals surface area contributed by atoms with Gasteiger partial charge in [-0.3, -0.25) is 0 Å². The first kappa shape index (κ1) is 5.16. The van der Waals surface area contributed by atoms with Gasteiger partial charge >= 0.3 is 0 Å². The third-order valence-corrected chi connectivity index (χ3v) is 1.08. The minimum atomic E-state index is 0.829. The molecule has 8 heavy (non-hydrogen) atoms. The second-order valence-corrected chi connectivity index (χ2v) is 1.91. The molecule has 0 heterocycles. The van der Waals surface area contributed by atoms with E-state index < -0.39 is 0 Å². The molecule has 0 radical (unpaired) electrons. The maximum atomic E-state index is 5.43. The van der Waals surface area contributed by atoms with Crippen molar-refractivity contribution < 1.29 is 0 Å². The van der Waals surface area contributed by atoms with Crippen LogP contribution in [-0.2, 0) is 0 Å². The lowest BCUT2D eigenvalue weighted by atomic mass is 10.0. The van der Waals surface area contributed by atoms with E-state index >= 15 is 0 Å². The van der Waals surface area contributed by atoms with Gasteiger partial charge in [-0.25, -0.2) is 0 Å². The highest BCUT2D eigenvalue weighted by atomic mass is 14.5. The van der Waals surface area contributed by atoms with E-state index in [0.717, 1.165) is 5.69 Å². The van der Waals surface area contributed by atoms with Crippen LogP contribution in [0.1, 0.15) is 5.56 Å². The molecule has 1 aromatic carbocycles. The second kappa shape index (κ2) is 1.86. The first-order valence-corrected chi connectivity index (χ1v) is 2.61. The van der Waals surface area contributed by atoms with Crippen LogP contribution in [0.3, 0.4) is 0 Å². The summed E-state index contributed by atoms with van der Waals surface area (Å²) >= 11 is 0. The highest BCUT2D eigenvalue weighted by molar-refractivity contribution is 5.38. The molecule has 0 amide bonds. The zero-order valence-corrected chi connectivity index (χ0v) is 4.89. The number of hydrogen-bond acceptors (Lipinski definition) is 1. The average Bonchev–Trinajstić information content (AvgIpc) is 1.77. The molecule has 0 aliphatic rings. The molecule has 0 aliphatic carbocycles. The van der Waals surface area contributed by atoms with E-state index in [2.05, 4.69) is 0 Å². The Bertz CT molecular complexity index is 143. The standard InChI is InChI=1S/C7H9N/c1-6-2-4-7(8)5-3-6/h2-5H,8H2,1H3/i1-1. The number of hydrogen-bond donors (Lipinski definition) is 1. The van der Waals surface area contributed by atoms with Gasteiger partial charge in [0.1, 0.15) is 0 Å². The Morgan fingerprint density at radius 1 is 1.12 bits per heavy atom. The van der Waals surface area contributed by atoms with Gasteiger partial charge in [-0.1, -0.05) is 17.7 Å². The van der Waals surface area contributed by atoms with E-state index in [4.69, 9.17) is 5.73 Å². The van der Waals surface area contributed by atoms with Gasteiger partial charge in [-0.05, 0) is 19.1 Å². The minimum Gasteiger partial charge on any atom is -0.399 e. The number of rotatable bonds is 0. The second-order valence-electron chi connectivity index (χ2n) is 1.91. The smallest absolute Gasteiger partial charge is 0.0314 e. The van der Waals surface area contributed by atoms with E-state index in [1.807, 2.05) is 31.2 Å². The number of nitrogens with two attached hydrogens (primary N) is 1. The summed E-state index contributed by atoms with van der Waals surface area (Å²) in [4.78, 5) is 0. The van der Waals surface area contributed by atoms with Crippen LogP contribution in [0.2, 0.25) is 0 Å². The molecule has 0 saturated carbocycles. The molecule has 0 aliphatic heterocycles. The molecule has 0 bridgehead atoms. The third-order valence-electron chi connectivity index (χ3n) is 1.08. The van der Waals surface area contributed by atoms with Crippen LogP contribution in [0, 0.1) is 6.92 Å². The lowest BCUT2D eigenvalue weighted by molar-refractivity contribution is 1.47. The summed E-state index contributed by atoms with van der Waals surface area (Å²) in [6.07, 6.45) is 0. The molecule has 1 rings (SSSR count). The van der Waals surface area contributed by atoms with E-state index in [1.165, 1.54) is 5.56 Å². The number of nitrogen functional groups attached to an aromatic ring is 1. The van der Waals surface area contributed by atoms with E-state index in [0.29, 0.717) is 0 Å². The van der Waals surface area contributed by atoms with Crippen LogP contribution in [0.25, 0.3) is 0 Å². The molecular weight excluding hydrogens is 97.1 g/mol. The maximum absolute atomic E-state index is 5.43. The Labute approximate surface area is 49.1 Å². The van der Waals surface area contributed by atoms with Crippen molar-refractivity contribution in [3.63, 3.8) is 0 Å². The molecular formula is C7H9N. The summed E-state index contributed by atoms with van der Waals surface area (Å²) < 4.78 is 0. The van der Waals surface area contributed by atoms with E-state index in [-0.39, 0.29) is 0 Å². The summed E-state index contributed by atoms with van der Waals surface area (Å²) in [6.45, 7) is 2.04. The molecule has 0 unspecified atom stereocenters. The summed E-state index contributed by atoms with van der Waals surface area (Å²) in [6, 6.07) is 7.79. The van der Waals surface area contributed by atoms with Crippen LogP contribution in [0.5, 0.6) is 0 Å². The quantitative estimate of drug-likeness (QED) is 0.499. The van der Waals surface area contributed by atoms with E-state index in [1.54, 1.807) is 0 Å². The van der Waals surface area contributed by atoms with Crippen molar-refractivity contribution in [2.45, 2.75) is 6.92 Å². The maximum Gasteiger partial charge on any atom is 0.0314 e. The predicted molar refractivity (Wildman–Crippen MR) is 35.6 cm³/mol. The van der Waals surface area contributed by atoms with Crippen LogP contribution in [0.4, 0.5) is 5.69 Å². The van der Waals surface area contributed by atoms with Crippen LogP contribution >= 0.6 is 0 Å². The SMILES string of the molecule is [11CH3]c1ccc(N)cc1. The molecule has 2 N–H and O–H groups in total. The zero-order valence-electron chi connectivity index (χ0n) is 4.89. The topological polar surface area (TPSA) is 26.0 Å². The fraction of sp³-hybridized carbons (Fsp3) is 0.143. The lowest BCUT2D eigenvalue weighted by Crippen LogP contribution is -1.81. The third kappa shape index (κ3) is 0.997. The number of benzene rings is 1. The zero-order chi connectivity index (χ0) is 5.98. The van der Waals surface area contributed by atoms with E-state index in [9.17, 15) is 0 Å². The Balaban J connectivity index is 3.03. The molecule has 0 saturated heterocycles. The Morgan fingerprint density at radius 3 is 2.00 bits per heavy atom. The van der Waals surface area contributed by atoms with Gasteiger partial charge in [-0.2, -0.15) is 0 Å². The predicted octanol–water partition coefficient (Wildman–Crippen LogP) is 1.58. The summed E-state index contributed by atoms with van der Waals surface area (Å²) in [5, 5.41) is 0. The van der Waals surface area contributed by atoms with Crippen molar-refractivity contribution in [3.8, 4) is 0 Å². The molecule has 0 spiro atoms. The van der Waals surface area contributed by atoms with Gasteiger partial charge in [0.25, 0.3) is 0 Å². The van der Waals surface area contributed by atoms with Crippen LogP contribution < -0.4 is 5.73 Å². The Hall–Kier alpha value is -0.980. The van der Waals surface area contributed by atoms with Gasteiger partial charge in [0.15, 0.2) is 0 Å². The van der Waals surface area contributed by atoms with Crippen molar-refractivity contribution >= 4 is 5.69 Å². The summed E-state index contributed by atoms with van der Waals surface area (Å²) in [5.74, 6) is 0. The normalized spacial score (nSPS) is 9.12. The van der Waals surface area contributed by atoms with Gasteiger partial charge in [-0.15, -0.1) is 0 Å². The first-order chi connectivity index (χ1) is 3.79. The molecule has 0 aromatic heterocycles. The Morgan fingerprint density at radius 2 is 1.62 bits per heavy atom. The van der Waals surface area contributed by atoms with Gasteiger partial charge in [0.05, 0.1) is 0 Å². The first-order valence-electron chi connectivity index (χ1n) is 2.61. The molecule has 0 atom stereocenters. The van der Waals surface area contributed by atoms with Gasteiger partial charge in [0, 0.05) is 5.69 Å². The molecule has 0 fully saturated rings. The minimum absolute atomic E-state index is 0.829. The summed E-state index contributed by atoms with van der Waals surface area (Å²) in [7, 11) is 0. The van der Waals surface area contributed by atoms with Crippen LogP contribution in [-0.4, -0.2) is 0 Å². The molecule has 1 heteroatoms. The number of aryl methyl sites for hydroxylation is 1. The molecule has 42 valence electrons. The highest BCUT2D eigenvalue weighted by Crippen LogP contribution is 2.02. The van der Waals surface area contributed by atoms with Crippen molar-refractivity contribution in [2.24, 2.45) is 0 Å². The van der Waals surface area contributed by atoms with Crippen molar-refractivity contribution in [1.29, 1.82) is 0 Å². The van der Waals surface area contributed by atoms with Crippen LogP contribution in [0.15, 0.2) is 24.3 Å². The van der Waals surface area contributed by atoms with Crippen molar-refractivity contribution in [1.82, 2.24) is 0 Å². The summed E-state index contributed by atoms with van der Waals surface area (Å²) in [5.41, 5.74) is 7.51.